The zero-order chi connectivity index (χ0) is 9.47. The second-order valence-corrected chi connectivity index (χ2v) is 4.98. The Morgan fingerprint density at radius 1 is 1.69 bits per heavy atom. The molecule has 1 aromatic rings. The molecule has 1 aliphatic rings. The topological polar surface area (TPSA) is 40.9 Å². The van der Waals surface area contributed by atoms with Crippen LogP contribution in [0, 0.1) is 16.7 Å². The molecule has 0 amide bonds. The van der Waals surface area contributed by atoms with Gasteiger partial charge in [0.25, 0.3) is 0 Å². The van der Waals surface area contributed by atoms with Crippen molar-refractivity contribution in [3.8, 4) is 6.07 Å². The summed E-state index contributed by atoms with van der Waals surface area (Å²) in [7, 11) is 0. The molecule has 1 aliphatic carbocycles. The quantitative estimate of drug-likeness (QED) is 0.763. The highest BCUT2D eigenvalue weighted by Crippen LogP contribution is 2.48. The number of ketones is 1. The first kappa shape index (κ1) is 8.92. The fourth-order valence-electron chi connectivity index (χ4n) is 1.18. The summed E-state index contributed by atoms with van der Waals surface area (Å²) in [6.45, 7) is 0. The van der Waals surface area contributed by atoms with Gasteiger partial charge in [-0.05, 0) is 34.8 Å². The molecule has 1 heterocycles. The van der Waals surface area contributed by atoms with Gasteiger partial charge in [0, 0.05) is 9.85 Å². The van der Waals surface area contributed by atoms with Gasteiger partial charge in [-0.3, -0.25) is 4.79 Å². The predicted octanol–water partition coefficient (Wildman–Crippen LogP) is 3.00. The highest BCUT2D eigenvalue weighted by molar-refractivity contribution is 9.10. The van der Waals surface area contributed by atoms with Crippen molar-refractivity contribution < 1.29 is 4.79 Å². The van der Waals surface area contributed by atoms with E-state index in [0.717, 1.165) is 17.3 Å². The van der Waals surface area contributed by atoms with E-state index in [1.807, 2.05) is 5.38 Å². The number of carbonyl (C=O) groups is 1. The van der Waals surface area contributed by atoms with E-state index in [9.17, 15) is 4.79 Å². The zero-order valence-corrected chi connectivity index (χ0v) is 9.11. The third-order valence-corrected chi connectivity index (χ3v) is 3.88. The molecule has 0 unspecified atom stereocenters. The molecule has 4 heteroatoms. The van der Waals surface area contributed by atoms with E-state index in [0.29, 0.717) is 4.88 Å². The van der Waals surface area contributed by atoms with Gasteiger partial charge in [0.05, 0.1) is 10.9 Å². The summed E-state index contributed by atoms with van der Waals surface area (Å²) in [5.41, 5.74) is -0.676. The van der Waals surface area contributed by atoms with Crippen molar-refractivity contribution in [3.05, 3.63) is 20.8 Å². The number of nitrogens with zero attached hydrogens (tertiary/aromatic N) is 1. The molecule has 2 rings (SSSR count). The lowest BCUT2D eigenvalue weighted by molar-refractivity contribution is 0.0939. The number of halogens is 1. The summed E-state index contributed by atoms with van der Waals surface area (Å²) >= 11 is 4.68. The molecule has 0 aromatic carbocycles. The number of hydrogen-bond acceptors (Lipinski definition) is 3. The minimum absolute atomic E-state index is 0.00861. The van der Waals surface area contributed by atoms with Crippen LogP contribution >= 0.6 is 27.3 Å². The Kier molecular flexibility index (Phi) is 2.01. The van der Waals surface area contributed by atoms with Crippen LogP contribution in [0.25, 0.3) is 0 Å². The molecule has 0 radical (unpaired) electrons. The van der Waals surface area contributed by atoms with Gasteiger partial charge in [-0.2, -0.15) is 5.26 Å². The average molecular weight is 256 g/mol. The number of nitriles is 1. The summed E-state index contributed by atoms with van der Waals surface area (Å²) in [6.07, 6.45) is 1.44. The van der Waals surface area contributed by atoms with Gasteiger partial charge in [0.1, 0.15) is 5.41 Å². The lowest BCUT2D eigenvalue weighted by atomic mass is 10.0. The van der Waals surface area contributed by atoms with E-state index in [1.54, 1.807) is 6.07 Å². The first-order valence-electron chi connectivity index (χ1n) is 3.88. The Bertz CT molecular complexity index is 400. The van der Waals surface area contributed by atoms with Crippen LogP contribution in [0.5, 0.6) is 0 Å². The molecule has 0 spiro atoms. The molecule has 0 N–H and O–H groups in total. The van der Waals surface area contributed by atoms with Crippen molar-refractivity contribution in [2.75, 3.05) is 0 Å². The molecule has 2 nitrogen and oxygen atoms in total. The molecule has 1 aromatic heterocycles. The van der Waals surface area contributed by atoms with Gasteiger partial charge in [-0.25, -0.2) is 0 Å². The van der Waals surface area contributed by atoms with E-state index in [2.05, 4.69) is 22.0 Å². The maximum absolute atomic E-state index is 11.7. The summed E-state index contributed by atoms with van der Waals surface area (Å²) in [5.74, 6) is -0.00861. The fourth-order valence-corrected chi connectivity index (χ4v) is 2.65. The van der Waals surface area contributed by atoms with Crippen molar-refractivity contribution in [2.45, 2.75) is 12.8 Å². The molecule has 0 aliphatic heterocycles. The Morgan fingerprint density at radius 3 is 2.77 bits per heavy atom. The van der Waals surface area contributed by atoms with Gasteiger partial charge in [0.15, 0.2) is 5.78 Å². The van der Waals surface area contributed by atoms with Crippen molar-refractivity contribution in [3.63, 3.8) is 0 Å². The lowest BCUT2D eigenvalue weighted by Crippen LogP contribution is -2.11. The maximum atomic E-state index is 11.7. The molecule has 1 saturated carbocycles. The van der Waals surface area contributed by atoms with Crippen LogP contribution in [0.4, 0.5) is 0 Å². The largest absolute Gasteiger partial charge is 0.291 e. The van der Waals surface area contributed by atoms with E-state index >= 15 is 0 Å². The monoisotopic (exact) mass is 255 g/mol. The highest BCUT2D eigenvalue weighted by atomic mass is 79.9. The molecule has 0 saturated heterocycles. The SMILES string of the molecule is N#CC1(C(=O)c2cc(Br)cs2)CC1. The van der Waals surface area contributed by atoms with Gasteiger partial charge >= 0.3 is 0 Å². The lowest BCUT2D eigenvalue weighted by Gasteiger charge is -1.99. The minimum Gasteiger partial charge on any atom is -0.291 e. The first-order chi connectivity index (χ1) is 6.18. The third kappa shape index (κ3) is 1.43. The van der Waals surface area contributed by atoms with E-state index in [-0.39, 0.29) is 5.78 Å². The summed E-state index contributed by atoms with van der Waals surface area (Å²) in [6, 6.07) is 3.88. The Labute approximate surface area is 88.3 Å². The van der Waals surface area contributed by atoms with E-state index in [1.165, 1.54) is 11.3 Å². The predicted molar refractivity (Wildman–Crippen MR) is 53.6 cm³/mol. The maximum Gasteiger partial charge on any atom is 0.192 e. The van der Waals surface area contributed by atoms with Gasteiger partial charge in [-0.15, -0.1) is 11.3 Å². The average Bonchev–Trinajstić information content (AvgIpc) is 2.82. The number of hydrogen-bond donors (Lipinski definition) is 0. The van der Waals surface area contributed by atoms with Gasteiger partial charge in [-0.1, -0.05) is 0 Å². The third-order valence-electron chi connectivity index (χ3n) is 2.19. The molecule has 0 atom stereocenters. The number of carbonyl (C=O) groups excluding carboxylic acids is 1. The fraction of sp³-hybridized carbons (Fsp3) is 0.333. The van der Waals surface area contributed by atoms with Crippen molar-refractivity contribution in [2.24, 2.45) is 5.41 Å². The minimum atomic E-state index is -0.676. The van der Waals surface area contributed by atoms with Crippen LogP contribution in [0.1, 0.15) is 22.5 Å². The van der Waals surface area contributed by atoms with Crippen molar-refractivity contribution in [1.29, 1.82) is 5.26 Å². The normalized spacial score (nSPS) is 17.8. The van der Waals surface area contributed by atoms with Gasteiger partial charge < -0.3 is 0 Å². The van der Waals surface area contributed by atoms with E-state index in [4.69, 9.17) is 5.26 Å². The molecular formula is C9H6BrNOS. The number of thiophene rings is 1. The number of Topliss-reactive ketones (excluding diaryl/α,β-unsaturated/α-hetero) is 1. The summed E-state index contributed by atoms with van der Waals surface area (Å²) in [4.78, 5) is 12.4. The van der Waals surface area contributed by atoms with Crippen molar-refractivity contribution >= 4 is 33.0 Å². The first-order valence-corrected chi connectivity index (χ1v) is 5.55. The highest BCUT2D eigenvalue weighted by Gasteiger charge is 2.51. The van der Waals surface area contributed by atoms with Crippen LogP contribution in [0.15, 0.2) is 15.9 Å². The summed E-state index contributed by atoms with van der Waals surface area (Å²) < 4.78 is 0.912. The smallest absolute Gasteiger partial charge is 0.192 e. The van der Waals surface area contributed by atoms with Crippen LogP contribution in [0.2, 0.25) is 0 Å². The van der Waals surface area contributed by atoms with Crippen LogP contribution < -0.4 is 0 Å². The summed E-state index contributed by atoms with van der Waals surface area (Å²) in [5, 5.41) is 10.7. The van der Waals surface area contributed by atoms with Crippen LogP contribution in [-0.4, -0.2) is 5.78 Å². The Hall–Kier alpha value is -0.660. The van der Waals surface area contributed by atoms with Crippen LogP contribution in [-0.2, 0) is 0 Å². The number of rotatable bonds is 2. The second-order valence-electron chi connectivity index (χ2n) is 3.15. The second kappa shape index (κ2) is 2.93. The molecule has 66 valence electrons. The molecule has 0 bridgehead atoms. The molecule has 1 fully saturated rings. The van der Waals surface area contributed by atoms with Gasteiger partial charge in [0.2, 0.25) is 0 Å². The zero-order valence-electron chi connectivity index (χ0n) is 6.71. The molecular weight excluding hydrogens is 250 g/mol. The Balaban J connectivity index is 2.29. The standard InChI is InChI=1S/C9H6BrNOS/c10-6-3-7(13-4-6)8(12)9(5-11)1-2-9/h3-4H,1-2H2. The van der Waals surface area contributed by atoms with Crippen molar-refractivity contribution in [1.82, 2.24) is 0 Å². The Morgan fingerprint density at radius 2 is 2.38 bits per heavy atom. The van der Waals surface area contributed by atoms with Crippen LogP contribution in [0.3, 0.4) is 0 Å². The van der Waals surface area contributed by atoms with E-state index < -0.39 is 5.41 Å². The molecule has 13 heavy (non-hydrogen) atoms.